The van der Waals surface area contributed by atoms with Crippen LogP contribution < -0.4 is 5.32 Å². The zero-order valence-electron chi connectivity index (χ0n) is 13.7. The lowest BCUT2D eigenvalue weighted by atomic mass is 10.1. The third-order valence-electron chi connectivity index (χ3n) is 4.23. The van der Waals surface area contributed by atoms with E-state index in [-0.39, 0.29) is 0 Å². The molecule has 0 amide bonds. The van der Waals surface area contributed by atoms with Gasteiger partial charge >= 0.3 is 0 Å². The van der Waals surface area contributed by atoms with Gasteiger partial charge in [0.15, 0.2) is 5.82 Å². The number of hydrogen-bond donors (Lipinski definition) is 2. The summed E-state index contributed by atoms with van der Waals surface area (Å²) in [5.74, 6) is 0.795. The SMILES string of the molecule is Cc1cc(C)c2c(n1)sc1c(Nc3ccc4nc[nH]c4c3)ncnc12. The minimum absolute atomic E-state index is 0.795. The van der Waals surface area contributed by atoms with E-state index in [9.17, 15) is 0 Å². The Hall–Kier alpha value is -3.06. The molecule has 2 N–H and O–H groups in total. The number of thiophene rings is 1. The van der Waals surface area contributed by atoms with Crippen LogP contribution in [0.15, 0.2) is 36.9 Å². The van der Waals surface area contributed by atoms with Gasteiger partial charge in [-0.25, -0.2) is 19.9 Å². The molecule has 0 spiro atoms. The Bertz CT molecular complexity index is 1250. The number of benzene rings is 1. The lowest BCUT2D eigenvalue weighted by Crippen LogP contribution is -1.94. The molecule has 6 nitrogen and oxygen atoms in total. The number of aromatic nitrogens is 5. The number of nitrogens with zero attached hydrogens (tertiary/aromatic N) is 4. The van der Waals surface area contributed by atoms with Crippen molar-refractivity contribution in [1.29, 1.82) is 0 Å². The fourth-order valence-electron chi connectivity index (χ4n) is 3.15. The summed E-state index contributed by atoms with van der Waals surface area (Å²) in [5.41, 5.74) is 6.04. The van der Waals surface area contributed by atoms with Crippen molar-refractivity contribution in [3.05, 3.63) is 48.2 Å². The second kappa shape index (κ2) is 5.22. The predicted octanol–water partition coefficient (Wildman–Crippen LogP) is 4.48. The summed E-state index contributed by atoms with van der Waals surface area (Å²) in [4.78, 5) is 22.0. The summed E-state index contributed by atoms with van der Waals surface area (Å²) in [7, 11) is 0. The highest BCUT2D eigenvalue weighted by atomic mass is 32.1. The van der Waals surface area contributed by atoms with Crippen LogP contribution in [0.3, 0.4) is 0 Å². The summed E-state index contributed by atoms with van der Waals surface area (Å²) in [6.07, 6.45) is 3.30. The molecular formula is C18H14N6S. The van der Waals surface area contributed by atoms with Crippen LogP contribution in [-0.4, -0.2) is 24.9 Å². The van der Waals surface area contributed by atoms with Gasteiger partial charge < -0.3 is 10.3 Å². The molecule has 0 saturated heterocycles. The van der Waals surface area contributed by atoms with E-state index in [1.54, 1.807) is 24.0 Å². The van der Waals surface area contributed by atoms with E-state index in [2.05, 4.69) is 43.2 Å². The van der Waals surface area contributed by atoms with E-state index < -0.39 is 0 Å². The number of anilines is 2. The van der Waals surface area contributed by atoms with E-state index >= 15 is 0 Å². The van der Waals surface area contributed by atoms with Crippen molar-refractivity contribution >= 4 is 54.3 Å². The van der Waals surface area contributed by atoms with Gasteiger partial charge in [-0.2, -0.15) is 0 Å². The quantitative estimate of drug-likeness (QED) is 0.493. The van der Waals surface area contributed by atoms with E-state index in [1.165, 1.54) is 5.56 Å². The Balaban J connectivity index is 1.69. The number of nitrogens with one attached hydrogen (secondary N) is 2. The zero-order chi connectivity index (χ0) is 17.0. The molecule has 4 aromatic heterocycles. The fourth-order valence-corrected chi connectivity index (χ4v) is 4.34. The Labute approximate surface area is 147 Å². The van der Waals surface area contributed by atoms with Crippen molar-refractivity contribution < 1.29 is 0 Å². The van der Waals surface area contributed by atoms with Gasteiger partial charge in [-0.05, 0) is 43.7 Å². The number of imidazole rings is 1. The maximum absolute atomic E-state index is 4.67. The predicted molar refractivity (Wildman–Crippen MR) is 102 cm³/mol. The Morgan fingerprint density at radius 1 is 1.08 bits per heavy atom. The van der Waals surface area contributed by atoms with Gasteiger partial charge in [-0.15, -0.1) is 11.3 Å². The molecule has 0 saturated carbocycles. The molecule has 0 aliphatic carbocycles. The second-order valence-corrected chi connectivity index (χ2v) is 7.02. The molecule has 7 heteroatoms. The number of pyridine rings is 1. The van der Waals surface area contributed by atoms with Crippen molar-refractivity contribution in [3.8, 4) is 0 Å². The summed E-state index contributed by atoms with van der Waals surface area (Å²) < 4.78 is 1.02. The first kappa shape index (κ1) is 14.3. The molecule has 1 aromatic carbocycles. The Kier molecular flexibility index (Phi) is 2.98. The first-order valence-electron chi connectivity index (χ1n) is 7.90. The monoisotopic (exact) mass is 346 g/mol. The van der Waals surface area contributed by atoms with Crippen LogP contribution in [0, 0.1) is 13.8 Å². The van der Waals surface area contributed by atoms with Crippen molar-refractivity contribution in [3.63, 3.8) is 0 Å². The maximum atomic E-state index is 4.67. The van der Waals surface area contributed by atoms with Gasteiger partial charge in [0, 0.05) is 16.8 Å². The lowest BCUT2D eigenvalue weighted by molar-refractivity contribution is 1.22. The maximum Gasteiger partial charge on any atom is 0.151 e. The van der Waals surface area contributed by atoms with Crippen LogP contribution in [0.5, 0.6) is 0 Å². The molecule has 5 rings (SSSR count). The standard InChI is InChI=1S/C18H14N6S/c1-9-5-10(2)23-18-14(9)15-16(25-18)17(22-8-21-15)24-11-3-4-12-13(6-11)20-7-19-12/h3-8H,1-2H3,(H,19,20)(H,21,22,24). The van der Waals surface area contributed by atoms with E-state index in [0.29, 0.717) is 0 Å². The number of aryl methyl sites for hydroxylation is 2. The molecule has 122 valence electrons. The number of rotatable bonds is 2. The molecular weight excluding hydrogens is 332 g/mol. The molecule has 0 unspecified atom stereocenters. The summed E-state index contributed by atoms with van der Waals surface area (Å²) in [5, 5.41) is 4.52. The van der Waals surface area contributed by atoms with Crippen LogP contribution in [0.2, 0.25) is 0 Å². The van der Waals surface area contributed by atoms with Gasteiger partial charge in [-0.3, -0.25) is 0 Å². The highest BCUT2D eigenvalue weighted by molar-refractivity contribution is 7.26. The molecule has 0 aliphatic heterocycles. The van der Waals surface area contributed by atoms with Gasteiger partial charge in [0.05, 0.1) is 27.6 Å². The van der Waals surface area contributed by atoms with Gasteiger partial charge in [0.1, 0.15) is 11.2 Å². The van der Waals surface area contributed by atoms with Gasteiger partial charge in [0.25, 0.3) is 0 Å². The Morgan fingerprint density at radius 3 is 2.92 bits per heavy atom. The zero-order valence-corrected chi connectivity index (χ0v) is 14.5. The average molecular weight is 346 g/mol. The smallest absolute Gasteiger partial charge is 0.151 e. The number of H-pyrrole nitrogens is 1. The van der Waals surface area contributed by atoms with Crippen molar-refractivity contribution in [1.82, 2.24) is 24.9 Å². The number of hydrogen-bond acceptors (Lipinski definition) is 6. The van der Waals surface area contributed by atoms with Crippen LogP contribution in [0.1, 0.15) is 11.3 Å². The normalized spacial score (nSPS) is 11.6. The van der Waals surface area contributed by atoms with E-state index in [1.807, 2.05) is 25.1 Å². The largest absolute Gasteiger partial charge is 0.345 e. The highest BCUT2D eigenvalue weighted by Gasteiger charge is 2.14. The Morgan fingerprint density at radius 2 is 2.00 bits per heavy atom. The lowest BCUT2D eigenvalue weighted by Gasteiger charge is -2.06. The molecule has 0 atom stereocenters. The number of fused-ring (bicyclic) bond motifs is 4. The van der Waals surface area contributed by atoms with Crippen molar-refractivity contribution in [2.75, 3.05) is 5.32 Å². The van der Waals surface area contributed by atoms with Crippen LogP contribution in [-0.2, 0) is 0 Å². The summed E-state index contributed by atoms with van der Waals surface area (Å²) >= 11 is 1.62. The van der Waals surface area contributed by atoms with E-state index in [4.69, 9.17) is 0 Å². The first-order valence-corrected chi connectivity index (χ1v) is 8.72. The topological polar surface area (TPSA) is 79.4 Å². The summed E-state index contributed by atoms with van der Waals surface area (Å²) in [6, 6.07) is 8.09. The molecule has 0 bridgehead atoms. The first-order chi connectivity index (χ1) is 12.2. The third kappa shape index (κ3) is 2.24. The second-order valence-electron chi connectivity index (χ2n) is 6.02. The fraction of sp³-hybridized carbons (Fsp3) is 0.111. The van der Waals surface area contributed by atoms with Crippen molar-refractivity contribution in [2.45, 2.75) is 13.8 Å². The third-order valence-corrected chi connectivity index (χ3v) is 5.31. The van der Waals surface area contributed by atoms with E-state index in [0.717, 1.165) is 48.7 Å². The van der Waals surface area contributed by atoms with Crippen molar-refractivity contribution in [2.24, 2.45) is 0 Å². The molecule has 0 fully saturated rings. The van der Waals surface area contributed by atoms with Crippen LogP contribution in [0.25, 0.3) is 31.5 Å². The van der Waals surface area contributed by atoms with Gasteiger partial charge in [0.2, 0.25) is 0 Å². The molecule has 25 heavy (non-hydrogen) atoms. The summed E-state index contributed by atoms with van der Waals surface area (Å²) in [6.45, 7) is 4.12. The van der Waals surface area contributed by atoms with Crippen LogP contribution >= 0.6 is 11.3 Å². The van der Waals surface area contributed by atoms with Gasteiger partial charge in [-0.1, -0.05) is 0 Å². The van der Waals surface area contributed by atoms with Crippen LogP contribution in [0.4, 0.5) is 11.5 Å². The molecule has 4 heterocycles. The average Bonchev–Trinajstić information content (AvgIpc) is 3.18. The minimum atomic E-state index is 0.795. The highest BCUT2D eigenvalue weighted by Crippen LogP contribution is 2.37. The molecule has 0 radical (unpaired) electrons. The molecule has 5 aromatic rings. The molecule has 0 aliphatic rings. The minimum Gasteiger partial charge on any atom is -0.345 e. The number of aromatic amines is 1.